The maximum atomic E-state index is 13.7. The van der Waals surface area contributed by atoms with E-state index in [4.69, 9.17) is 4.74 Å². The lowest BCUT2D eigenvalue weighted by molar-refractivity contribution is -0.156. The summed E-state index contributed by atoms with van der Waals surface area (Å²) in [5.41, 5.74) is 0. The molecule has 174 valence electrons. The number of carbonyl (C=O) groups is 3. The van der Waals surface area contributed by atoms with Crippen LogP contribution in [0.3, 0.4) is 0 Å². The van der Waals surface area contributed by atoms with Crippen LogP contribution in [0.1, 0.15) is 65.7 Å². The van der Waals surface area contributed by atoms with Gasteiger partial charge in [0.2, 0.25) is 11.8 Å². The van der Waals surface area contributed by atoms with Gasteiger partial charge in [0.05, 0.1) is 31.1 Å². The van der Waals surface area contributed by atoms with Gasteiger partial charge in [0, 0.05) is 12.0 Å². The Morgan fingerprint density at radius 1 is 1.19 bits per heavy atom. The van der Waals surface area contributed by atoms with Crippen molar-refractivity contribution in [3.05, 3.63) is 12.2 Å². The summed E-state index contributed by atoms with van der Waals surface area (Å²) in [5.74, 6) is -2.46. The minimum absolute atomic E-state index is 0.0968. The molecule has 3 aliphatic rings. The van der Waals surface area contributed by atoms with E-state index in [1.165, 1.54) is 6.42 Å². The average molecular weight is 435 g/mol. The van der Waals surface area contributed by atoms with Crippen LogP contribution in [0.25, 0.3) is 0 Å². The van der Waals surface area contributed by atoms with E-state index in [0.717, 1.165) is 25.7 Å². The number of ether oxygens (including phenoxy) is 1. The molecule has 2 fully saturated rings. The van der Waals surface area contributed by atoms with Gasteiger partial charge >= 0.3 is 5.97 Å². The van der Waals surface area contributed by atoms with E-state index in [2.05, 4.69) is 5.32 Å². The normalized spacial score (nSPS) is 31.9. The topological polar surface area (TPSA) is 95.9 Å². The third kappa shape index (κ3) is 4.66. The smallest absolute Gasteiger partial charge is 0.310 e. The summed E-state index contributed by atoms with van der Waals surface area (Å²) in [7, 11) is 0. The first-order valence-corrected chi connectivity index (χ1v) is 12.1. The van der Waals surface area contributed by atoms with Gasteiger partial charge in [-0.05, 0) is 38.5 Å². The van der Waals surface area contributed by atoms with Crippen LogP contribution in [0, 0.1) is 23.7 Å². The van der Waals surface area contributed by atoms with Crippen molar-refractivity contribution in [3.63, 3.8) is 0 Å². The standard InChI is InChI=1S/C24H38N2O5/c1-4-15-12-13-18-20(19(15)24(30)31-6-3)23(29)26(17(5-2)14-27)21(18)22(28)25-16-10-8-7-9-11-16/h12-13,15-21,27H,4-11,14H2,1-3H3,(H,25,28)/t15-,17+,18+,19-,20-,21+/m1/s1. The van der Waals surface area contributed by atoms with Crippen molar-refractivity contribution in [2.24, 2.45) is 23.7 Å². The Morgan fingerprint density at radius 2 is 1.90 bits per heavy atom. The van der Waals surface area contributed by atoms with Crippen LogP contribution >= 0.6 is 0 Å². The third-order valence-electron chi connectivity index (χ3n) is 7.37. The van der Waals surface area contributed by atoms with Crippen LogP contribution in [0.2, 0.25) is 0 Å². The second-order valence-corrected chi connectivity index (χ2v) is 9.12. The van der Waals surface area contributed by atoms with Crippen molar-refractivity contribution in [2.45, 2.75) is 83.8 Å². The van der Waals surface area contributed by atoms with Crippen LogP contribution < -0.4 is 5.32 Å². The first-order valence-electron chi connectivity index (χ1n) is 12.1. The van der Waals surface area contributed by atoms with Crippen molar-refractivity contribution < 1.29 is 24.2 Å². The average Bonchev–Trinajstić information content (AvgIpc) is 3.07. The summed E-state index contributed by atoms with van der Waals surface area (Å²) in [6.45, 7) is 5.70. The van der Waals surface area contributed by atoms with Gasteiger partial charge in [-0.3, -0.25) is 14.4 Å². The Hall–Kier alpha value is -1.89. The molecule has 31 heavy (non-hydrogen) atoms. The monoisotopic (exact) mass is 434 g/mol. The molecule has 0 aromatic carbocycles. The number of carbonyl (C=O) groups excluding carboxylic acids is 3. The molecule has 0 spiro atoms. The molecule has 7 nitrogen and oxygen atoms in total. The number of esters is 1. The molecular formula is C24H38N2O5. The summed E-state index contributed by atoms with van der Waals surface area (Å²) in [6, 6.07) is -1.03. The van der Waals surface area contributed by atoms with E-state index < -0.39 is 29.8 Å². The minimum atomic E-state index is -0.706. The van der Waals surface area contributed by atoms with E-state index in [0.29, 0.717) is 12.8 Å². The summed E-state index contributed by atoms with van der Waals surface area (Å²) in [6.07, 6.45) is 10.5. The van der Waals surface area contributed by atoms with Gasteiger partial charge in [0.1, 0.15) is 6.04 Å². The molecule has 1 aliphatic heterocycles. The Labute approximate surface area is 185 Å². The molecule has 2 N–H and O–H groups in total. The van der Waals surface area contributed by atoms with Gasteiger partial charge in [-0.25, -0.2) is 0 Å². The van der Waals surface area contributed by atoms with Crippen molar-refractivity contribution >= 4 is 17.8 Å². The Morgan fingerprint density at radius 3 is 2.48 bits per heavy atom. The van der Waals surface area contributed by atoms with Gasteiger partial charge < -0.3 is 20.1 Å². The van der Waals surface area contributed by atoms with Crippen molar-refractivity contribution in [3.8, 4) is 0 Å². The third-order valence-corrected chi connectivity index (χ3v) is 7.37. The summed E-state index contributed by atoms with van der Waals surface area (Å²) in [4.78, 5) is 41.6. The van der Waals surface area contributed by atoms with Gasteiger partial charge in [0.15, 0.2) is 0 Å². The highest BCUT2D eigenvalue weighted by Crippen LogP contribution is 2.46. The van der Waals surface area contributed by atoms with E-state index in [-0.39, 0.29) is 43.0 Å². The highest BCUT2D eigenvalue weighted by Gasteiger charge is 2.58. The highest BCUT2D eigenvalue weighted by molar-refractivity contribution is 5.96. The highest BCUT2D eigenvalue weighted by atomic mass is 16.5. The zero-order valence-electron chi connectivity index (χ0n) is 19.1. The number of nitrogens with one attached hydrogen (secondary N) is 1. The summed E-state index contributed by atoms with van der Waals surface area (Å²) < 4.78 is 5.34. The number of hydrogen-bond acceptors (Lipinski definition) is 5. The fraction of sp³-hybridized carbons (Fsp3) is 0.792. The first-order chi connectivity index (χ1) is 15.0. The number of fused-ring (bicyclic) bond motifs is 1. The van der Waals surface area contributed by atoms with Gasteiger partial charge in [-0.1, -0.05) is 45.3 Å². The van der Waals surface area contributed by atoms with Crippen LogP contribution in [-0.4, -0.2) is 59.1 Å². The van der Waals surface area contributed by atoms with Crippen LogP contribution in [0.5, 0.6) is 0 Å². The second kappa shape index (κ2) is 10.6. The predicted molar refractivity (Wildman–Crippen MR) is 117 cm³/mol. The molecule has 1 saturated heterocycles. The second-order valence-electron chi connectivity index (χ2n) is 9.12. The largest absolute Gasteiger partial charge is 0.466 e. The molecule has 0 radical (unpaired) electrons. The van der Waals surface area contributed by atoms with Gasteiger partial charge in [-0.15, -0.1) is 0 Å². The van der Waals surface area contributed by atoms with Crippen LogP contribution in [-0.2, 0) is 19.1 Å². The Bertz CT molecular complexity index is 683. The number of likely N-dealkylation sites (tertiary alicyclic amines) is 1. The number of allylic oxidation sites excluding steroid dienone is 1. The summed E-state index contributed by atoms with van der Waals surface area (Å²) >= 11 is 0. The number of nitrogens with zero attached hydrogens (tertiary/aromatic N) is 1. The number of aliphatic hydroxyl groups excluding tert-OH is 1. The lowest BCUT2D eigenvalue weighted by Crippen LogP contribution is -2.54. The molecule has 6 atom stereocenters. The molecule has 0 aromatic rings. The van der Waals surface area contributed by atoms with Crippen molar-refractivity contribution in [2.75, 3.05) is 13.2 Å². The summed E-state index contributed by atoms with van der Waals surface area (Å²) in [5, 5.41) is 13.2. The zero-order chi connectivity index (χ0) is 22.5. The SMILES string of the molecule is CCOC(=O)[C@H]1[C@@H]2C(=O)N([C@@H](CC)CO)[C@H](C(=O)NC3CCCCC3)[C@H]2C=C[C@H]1CC. The molecule has 1 heterocycles. The molecule has 2 amide bonds. The number of amides is 2. The zero-order valence-corrected chi connectivity index (χ0v) is 19.1. The Balaban J connectivity index is 1.95. The predicted octanol–water partition coefficient (Wildman–Crippen LogP) is 2.42. The van der Waals surface area contributed by atoms with E-state index in [1.807, 2.05) is 26.0 Å². The first kappa shape index (κ1) is 23.8. The fourth-order valence-electron chi connectivity index (χ4n) is 5.74. The van der Waals surface area contributed by atoms with E-state index >= 15 is 0 Å². The number of hydrogen-bond donors (Lipinski definition) is 2. The molecule has 2 aliphatic carbocycles. The molecular weight excluding hydrogens is 396 g/mol. The fourth-order valence-corrected chi connectivity index (χ4v) is 5.74. The molecule has 3 rings (SSSR count). The van der Waals surface area contributed by atoms with Gasteiger partial charge in [-0.2, -0.15) is 0 Å². The maximum absolute atomic E-state index is 13.7. The molecule has 7 heteroatoms. The van der Waals surface area contributed by atoms with E-state index in [9.17, 15) is 19.5 Å². The Kier molecular flexibility index (Phi) is 8.14. The van der Waals surface area contributed by atoms with E-state index in [1.54, 1.807) is 11.8 Å². The van der Waals surface area contributed by atoms with Crippen LogP contribution in [0.15, 0.2) is 12.2 Å². The minimum Gasteiger partial charge on any atom is -0.466 e. The maximum Gasteiger partial charge on any atom is 0.310 e. The lowest BCUT2D eigenvalue weighted by atomic mass is 9.69. The molecule has 1 saturated carbocycles. The molecule has 0 bridgehead atoms. The van der Waals surface area contributed by atoms with Crippen LogP contribution in [0.4, 0.5) is 0 Å². The lowest BCUT2D eigenvalue weighted by Gasteiger charge is -2.35. The molecule has 0 unspecified atom stereocenters. The van der Waals surface area contributed by atoms with Gasteiger partial charge in [0.25, 0.3) is 0 Å². The quantitative estimate of drug-likeness (QED) is 0.452. The van der Waals surface area contributed by atoms with Crippen molar-refractivity contribution in [1.29, 1.82) is 0 Å². The number of rotatable bonds is 8. The molecule has 0 aromatic heterocycles. The number of aliphatic hydroxyl groups is 1. The van der Waals surface area contributed by atoms with Crippen molar-refractivity contribution in [1.82, 2.24) is 10.2 Å².